The minimum Gasteiger partial charge on any atom is -0.460 e. The summed E-state index contributed by atoms with van der Waals surface area (Å²) in [6, 6.07) is 15.0. The number of hydrogen-bond acceptors (Lipinski definition) is 9. The van der Waals surface area contributed by atoms with Gasteiger partial charge in [0.1, 0.15) is 45.9 Å². The summed E-state index contributed by atoms with van der Waals surface area (Å²) in [4.78, 5) is 51.3. The number of fused-ring (bicyclic) bond motifs is 1. The van der Waals surface area contributed by atoms with Crippen LogP contribution >= 0.6 is 0 Å². The summed E-state index contributed by atoms with van der Waals surface area (Å²) in [6.45, 7) is 11.8. The highest BCUT2D eigenvalue weighted by molar-refractivity contribution is 5.86. The molecular weight excluding hydrogens is 597 g/mol. The average molecular weight is 634 g/mol. The van der Waals surface area contributed by atoms with E-state index in [1.165, 1.54) is 54.6 Å². The molecule has 1 N–H and O–H groups in total. The van der Waals surface area contributed by atoms with Gasteiger partial charge in [0.2, 0.25) is 5.43 Å². The van der Waals surface area contributed by atoms with Gasteiger partial charge in [-0.15, -0.1) is 0 Å². The Morgan fingerprint density at radius 1 is 0.826 bits per heavy atom. The second-order valence-corrected chi connectivity index (χ2v) is 12.6. The Hall–Kier alpha value is -5.19. The maximum Gasteiger partial charge on any atom is 0.514 e. The third kappa shape index (κ3) is 9.16. The highest BCUT2D eigenvalue weighted by Crippen LogP contribution is 2.27. The molecule has 1 atom stereocenters. The lowest BCUT2D eigenvalue weighted by Gasteiger charge is -2.23. The van der Waals surface area contributed by atoms with Crippen LogP contribution in [0.15, 0.2) is 75.9 Å². The van der Waals surface area contributed by atoms with Gasteiger partial charge >= 0.3 is 18.2 Å². The van der Waals surface area contributed by atoms with E-state index in [1.807, 2.05) is 0 Å². The van der Waals surface area contributed by atoms with Gasteiger partial charge in [-0.05, 0) is 96.0 Å². The average Bonchev–Trinajstić information content (AvgIpc) is 2.92. The number of ether oxygens (including phenoxy) is 4. The molecule has 3 aromatic carbocycles. The van der Waals surface area contributed by atoms with Gasteiger partial charge in [0, 0.05) is 12.5 Å². The largest absolute Gasteiger partial charge is 0.514 e. The van der Waals surface area contributed by atoms with E-state index in [-0.39, 0.29) is 34.3 Å². The number of rotatable bonds is 7. The van der Waals surface area contributed by atoms with Crippen molar-refractivity contribution in [3.8, 4) is 22.6 Å². The van der Waals surface area contributed by atoms with Crippen LogP contribution in [0.3, 0.4) is 0 Å². The minimum atomic E-state index is -1.18. The van der Waals surface area contributed by atoms with Gasteiger partial charge in [-0.2, -0.15) is 0 Å². The van der Waals surface area contributed by atoms with Gasteiger partial charge in [0.25, 0.3) is 0 Å². The van der Waals surface area contributed by atoms with E-state index in [1.54, 1.807) is 60.6 Å². The maximum atomic E-state index is 13.4. The number of carbonyl (C=O) groups is 3. The van der Waals surface area contributed by atoms with Gasteiger partial charge in [-0.25, -0.2) is 18.8 Å². The van der Waals surface area contributed by atoms with Crippen molar-refractivity contribution in [3.63, 3.8) is 0 Å². The molecule has 4 aromatic rings. The van der Waals surface area contributed by atoms with Crippen molar-refractivity contribution in [2.45, 2.75) is 72.1 Å². The summed E-state index contributed by atoms with van der Waals surface area (Å²) in [7, 11) is 0. The number of benzene rings is 3. The molecule has 10 nitrogen and oxygen atoms in total. The molecule has 1 heterocycles. The highest BCUT2D eigenvalue weighted by atomic mass is 19.1. The number of nitrogens with one attached hydrogen (secondary N) is 1. The van der Waals surface area contributed by atoms with Crippen LogP contribution in [-0.2, 0) is 20.7 Å². The number of alkyl carbamates (subject to hydrolysis) is 1. The van der Waals surface area contributed by atoms with E-state index >= 15 is 0 Å². The van der Waals surface area contributed by atoms with Crippen LogP contribution in [-0.4, -0.2) is 35.5 Å². The second kappa shape index (κ2) is 13.4. The molecule has 0 radical (unpaired) electrons. The lowest BCUT2D eigenvalue weighted by Crippen LogP contribution is -2.46. The Bertz CT molecular complexity index is 1800. The SMILES string of the molecule is Cc1oc2cc(OC(=O)[C@H](Cc3ccc(OC(=O)OC(C)(C)C)cc3)NC(=O)OC(C)(C)C)ccc2c(=O)c1-c1ccc(F)cc1. The number of amides is 1. The molecule has 0 saturated carbocycles. The first kappa shape index (κ1) is 33.7. The molecule has 0 spiro atoms. The van der Waals surface area contributed by atoms with Crippen molar-refractivity contribution in [3.05, 3.63) is 94.1 Å². The van der Waals surface area contributed by atoms with Gasteiger partial charge in [0.05, 0.1) is 10.9 Å². The maximum absolute atomic E-state index is 13.4. The summed E-state index contributed by atoms with van der Waals surface area (Å²) < 4.78 is 40.7. The topological polar surface area (TPSA) is 130 Å². The quantitative estimate of drug-likeness (QED) is 0.127. The Kier molecular flexibility index (Phi) is 9.84. The van der Waals surface area contributed by atoms with Gasteiger partial charge in [-0.3, -0.25) is 4.79 Å². The molecule has 0 aliphatic rings. The Morgan fingerprint density at radius 3 is 2.04 bits per heavy atom. The zero-order valence-corrected chi connectivity index (χ0v) is 26.7. The van der Waals surface area contributed by atoms with Crippen LogP contribution in [0, 0.1) is 12.7 Å². The second-order valence-electron chi connectivity index (χ2n) is 12.6. The van der Waals surface area contributed by atoms with Gasteiger partial charge < -0.3 is 28.7 Å². The van der Waals surface area contributed by atoms with E-state index in [4.69, 9.17) is 23.4 Å². The molecule has 1 amide bonds. The minimum absolute atomic E-state index is 0.00754. The van der Waals surface area contributed by atoms with Crippen molar-refractivity contribution in [1.82, 2.24) is 5.32 Å². The molecule has 0 aliphatic heterocycles. The predicted octanol–water partition coefficient (Wildman–Crippen LogP) is 7.26. The zero-order valence-electron chi connectivity index (χ0n) is 26.7. The summed E-state index contributed by atoms with van der Waals surface area (Å²) in [6.07, 6.45) is -1.68. The van der Waals surface area contributed by atoms with Crippen LogP contribution in [0.4, 0.5) is 14.0 Å². The third-order valence-corrected chi connectivity index (χ3v) is 6.32. The summed E-state index contributed by atoms with van der Waals surface area (Å²) in [5.74, 6) is -0.626. The third-order valence-electron chi connectivity index (χ3n) is 6.32. The van der Waals surface area contributed by atoms with Crippen LogP contribution in [0.1, 0.15) is 52.9 Å². The van der Waals surface area contributed by atoms with E-state index in [2.05, 4.69) is 5.32 Å². The van der Waals surface area contributed by atoms with Crippen LogP contribution in [0.2, 0.25) is 0 Å². The predicted molar refractivity (Wildman–Crippen MR) is 168 cm³/mol. The Balaban J connectivity index is 1.55. The fourth-order valence-electron chi connectivity index (χ4n) is 4.43. The normalized spacial score (nSPS) is 12.3. The van der Waals surface area contributed by atoms with Crippen LogP contribution < -0.4 is 20.2 Å². The van der Waals surface area contributed by atoms with E-state index in [0.29, 0.717) is 22.5 Å². The number of esters is 1. The summed E-state index contributed by atoms with van der Waals surface area (Å²) >= 11 is 0. The first-order valence-corrected chi connectivity index (χ1v) is 14.5. The van der Waals surface area contributed by atoms with E-state index in [0.717, 1.165) is 0 Å². The molecule has 11 heteroatoms. The monoisotopic (exact) mass is 633 g/mol. The van der Waals surface area contributed by atoms with Crippen LogP contribution in [0.25, 0.3) is 22.1 Å². The Morgan fingerprint density at radius 2 is 1.43 bits per heavy atom. The molecule has 0 bridgehead atoms. The smallest absolute Gasteiger partial charge is 0.460 e. The number of halogens is 1. The number of hydrogen-bond donors (Lipinski definition) is 1. The number of carbonyl (C=O) groups excluding carboxylic acids is 3. The van der Waals surface area contributed by atoms with Crippen LogP contribution in [0.5, 0.6) is 11.5 Å². The van der Waals surface area contributed by atoms with Gasteiger partial charge in [0.15, 0.2) is 0 Å². The fourth-order valence-corrected chi connectivity index (χ4v) is 4.43. The van der Waals surface area contributed by atoms with Crippen molar-refractivity contribution >= 4 is 29.2 Å². The van der Waals surface area contributed by atoms with Gasteiger partial charge in [-0.1, -0.05) is 24.3 Å². The molecule has 46 heavy (non-hydrogen) atoms. The first-order chi connectivity index (χ1) is 21.5. The molecule has 1 aromatic heterocycles. The zero-order chi connectivity index (χ0) is 33.8. The van der Waals surface area contributed by atoms with Crippen molar-refractivity contribution in [2.75, 3.05) is 0 Å². The molecule has 0 saturated heterocycles. The summed E-state index contributed by atoms with van der Waals surface area (Å²) in [5, 5.41) is 2.80. The standard InChI is InChI=1S/C35H36FNO9/c1-20-29(22-10-12-23(36)13-11-22)30(38)26-17-16-25(19-28(26)42-20)43-31(39)27(37-32(40)45-34(2,3)4)18-21-8-14-24(15-9-21)44-33(41)46-35(5,6)7/h8-17,19,27H,18H2,1-7H3,(H,37,40)/t27-/m0/s1. The first-order valence-electron chi connectivity index (χ1n) is 14.5. The highest BCUT2D eigenvalue weighted by Gasteiger charge is 2.27. The lowest BCUT2D eigenvalue weighted by atomic mass is 10.0. The molecule has 0 unspecified atom stereocenters. The van der Waals surface area contributed by atoms with Crippen molar-refractivity contribution in [1.29, 1.82) is 0 Å². The molecule has 242 valence electrons. The molecule has 0 fully saturated rings. The molecule has 4 rings (SSSR count). The van der Waals surface area contributed by atoms with E-state index < -0.39 is 41.3 Å². The molecular formula is C35H36FNO9. The summed E-state index contributed by atoms with van der Waals surface area (Å²) in [5.41, 5.74) is -0.280. The molecule has 0 aliphatic carbocycles. The Labute approximate surface area is 265 Å². The fraction of sp³-hybridized carbons (Fsp3) is 0.314. The lowest BCUT2D eigenvalue weighted by molar-refractivity contribution is -0.136. The number of aryl methyl sites for hydroxylation is 1. The van der Waals surface area contributed by atoms with Crippen molar-refractivity contribution < 1.29 is 42.1 Å². The van der Waals surface area contributed by atoms with Crippen molar-refractivity contribution in [2.24, 2.45) is 0 Å². The van der Waals surface area contributed by atoms with E-state index in [9.17, 15) is 23.6 Å².